The predicted molar refractivity (Wildman–Crippen MR) is 154 cm³/mol. The lowest BCUT2D eigenvalue weighted by atomic mass is 10.0. The van der Waals surface area contributed by atoms with Crippen LogP contribution in [-0.4, -0.2) is 83.4 Å². The quantitative estimate of drug-likeness (QED) is 0.333. The Morgan fingerprint density at radius 3 is 2.51 bits per heavy atom. The van der Waals surface area contributed by atoms with Crippen LogP contribution >= 0.6 is 0 Å². The summed E-state index contributed by atoms with van der Waals surface area (Å²) in [6.07, 6.45) is -1.47. The Bertz CT molecular complexity index is 1520. The molecule has 1 fully saturated rings. The van der Waals surface area contributed by atoms with Crippen LogP contribution in [0.15, 0.2) is 47.4 Å². The lowest BCUT2D eigenvalue weighted by Crippen LogP contribution is -2.40. The van der Waals surface area contributed by atoms with Crippen molar-refractivity contribution in [1.29, 1.82) is 0 Å². The van der Waals surface area contributed by atoms with E-state index in [0.29, 0.717) is 23.2 Å². The first-order chi connectivity index (χ1) is 19.5. The van der Waals surface area contributed by atoms with E-state index in [4.69, 9.17) is 9.47 Å². The Morgan fingerprint density at radius 2 is 1.85 bits per heavy atom. The van der Waals surface area contributed by atoms with Crippen LogP contribution in [0.25, 0.3) is 10.9 Å². The molecule has 0 radical (unpaired) electrons. The monoisotopic (exact) mass is 592 g/mol. The van der Waals surface area contributed by atoms with E-state index in [1.807, 2.05) is 6.07 Å². The molecule has 222 valence electrons. The molecular formula is C29H35F3N4O4S. The molecule has 2 N–H and O–H groups in total. The summed E-state index contributed by atoms with van der Waals surface area (Å²) < 4.78 is 76.1. The van der Waals surface area contributed by atoms with Crippen molar-refractivity contribution in [2.45, 2.75) is 36.5 Å². The minimum absolute atomic E-state index is 0.0642. The maximum atomic E-state index is 13.6. The normalized spacial score (nSPS) is 15.0. The second-order valence-corrected chi connectivity index (χ2v) is 12.0. The van der Waals surface area contributed by atoms with Crippen LogP contribution in [0, 0.1) is 11.8 Å². The highest BCUT2D eigenvalue weighted by molar-refractivity contribution is 7.90. The van der Waals surface area contributed by atoms with E-state index >= 15 is 0 Å². The van der Waals surface area contributed by atoms with Crippen molar-refractivity contribution in [3.8, 4) is 17.6 Å². The number of nitrogens with zero attached hydrogens (tertiary/aromatic N) is 2. The Labute approximate surface area is 238 Å². The molecule has 2 heterocycles. The molecule has 3 aromatic rings. The third-order valence-electron chi connectivity index (χ3n) is 7.00. The average Bonchev–Trinajstić information content (AvgIpc) is 3.26. The third kappa shape index (κ3) is 8.09. The topological polar surface area (TPSA) is 84.8 Å². The van der Waals surface area contributed by atoms with Crippen molar-refractivity contribution >= 4 is 32.1 Å². The van der Waals surface area contributed by atoms with Gasteiger partial charge in [-0.05, 0) is 49.1 Å². The van der Waals surface area contributed by atoms with Crippen LogP contribution in [-0.2, 0) is 21.1 Å². The highest BCUT2D eigenvalue weighted by Gasteiger charge is 2.30. The molecule has 1 aliphatic rings. The molecule has 1 aromatic heterocycles. The first kappa shape index (κ1) is 30.6. The molecule has 0 bridgehead atoms. The number of nitrogens with one attached hydrogen (secondary N) is 2. The number of aromatic nitrogens is 1. The van der Waals surface area contributed by atoms with E-state index in [9.17, 15) is 21.6 Å². The molecule has 1 saturated heterocycles. The number of fused-ring (bicyclic) bond motifs is 1. The van der Waals surface area contributed by atoms with Gasteiger partial charge in [-0.15, -0.1) is 0 Å². The van der Waals surface area contributed by atoms with Gasteiger partial charge < -0.3 is 29.6 Å². The Hall–Kier alpha value is -3.40. The van der Waals surface area contributed by atoms with Crippen molar-refractivity contribution < 1.29 is 31.1 Å². The summed E-state index contributed by atoms with van der Waals surface area (Å²) in [7, 11) is -0.397. The molecule has 8 nitrogen and oxygen atoms in total. The van der Waals surface area contributed by atoms with Crippen molar-refractivity contribution in [3.63, 3.8) is 0 Å². The summed E-state index contributed by atoms with van der Waals surface area (Å²) in [5, 5.41) is 7.29. The summed E-state index contributed by atoms with van der Waals surface area (Å²) in [6.45, 7) is 2.40. The van der Waals surface area contributed by atoms with Gasteiger partial charge in [-0.25, -0.2) is 8.42 Å². The van der Waals surface area contributed by atoms with Crippen LogP contribution < -0.4 is 15.4 Å². The van der Waals surface area contributed by atoms with Crippen molar-refractivity contribution in [2.24, 2.45) is 0 Å². The second kappa shape index (κ2) is 13.1. The highest BCUT2D eigenvalue weighted by atomic mass is 32.2. The molecule has 1 aliphatic heterocycles. The Kier molecular flexibility index (Phi) is 9.73. The summed E-state index contributed by atoms with van der Waals surface area (Å²) in [5.41, 5.74) is 2.08. The minimum Gasteiger partial charge on any atom is -0.495 e. The zero-order chi connectivity index (χ0) is 29.6. The van der Waals surface area contributed by atoms with Crippen molar-refractivity contribution in [1.82, 2.24) is 9.47 Å². The molecule has 4 rings (SSSR count). The molecule has 0 atom stereocenters. The third-order valence-corrected chi connectivity index (χ3v) is 8.14. The second-order valence-electron chi connectivity index (χ2n) is 10.0. The maximum Gasteiger partial charge on any atom is 0.406 e. The van der Waals surface area contributed by atoms with Gasteiger partial charge in [0.2, 0.25) is 0 Å². The number of ether oxygens (including phenoxy) is 2. The van der Waals surface area contributed by atoms with Gasteiger partial charge in [0.15, 0.2) is 9.84 Å². The number of halogens is 3. The number of anilines is 2. The maximum absolute atomic E-state index is 13.6. The van der Waals surface area contributed by atoms with Crippen LogP contribution in [0.2, 0.25) is 0 Å². The highest BCUT2D eigenvalue weighted by Crippen LogP contribution is 2.31. The van der Waals surface area contributed by atoms with E-state index in [1.54, 1.807) is 37.4 Å². The van der Waals surface area contributed by atoms with Crippen molar-refractivity contribution in [2.75, 3.05) is 63.9 Å². The summed E-state index contributed by atoms with van der Waals surface area (Å²) in [4.78, 5) is 2.41. The summed E-state index contributed by atoms with van der Waals surface area (Å²) in [6, 6.07) is 11.8. The molecule has 41 heavy (non-hydrogen) atoms. The zero-order valence-electron chi connectivity index (χ0n) is 23.3. The molecule has 2 aromatic carbocycles. The van der Waals surface area contributed by atoms with Crippen LogP contribution in [0.5, 0.6) is 5.75 Å². The van der Waals surface area contributed by atoms with Gasteiger partial charge in [0, 0.05) is 61.9 Å². The number of methoxy groups -OCH3 is 2. The molecule has 0 amide bonds. The molecule has 0 spiro atoms. The fourth-order valence-electron chi connectivity index (χ4n) is 4.97. The number of rotatable bonds is 10. The van der Waals surface area contributed by atoms with Gasteiger partial charge in [-0.1, -0.05) is 12.0 Å². The van der Waals surface area contributed by atoms with Gasteiger partial charge in [0.25, 0.3) is 0 Å². The zero-order valence-corrected chi connectivity index (χ0v) is 24.2. The first-order valence-corrected chi connectivity index (χ1v) is 15.2. The number of likely N-dealkylation sites (tertiary alicyclic amines) is 1. The molecular weight excluding hydrogens is 557 g/mol. The molecule has 0 saturated carbocycles. The van der Waals surface area contributed by atoms with Crippen molar-refractivity contribution in [3.05, 3.63) is 48.2 Å². The largest absolute Gasteiger partial charge is 0.495 e. The first-order valence-electron chi connectivity index (χ1n) is 13.3. The number of alkyl halides is 3. The van der Waals surface area contributed by atoms with Gasteiger partial charge in [0.05, 0.1) is 31.5 Å². The Balaban J connectivity index is 1.53. The van der Waals surface area contributed by atoms with Crippen LogP contribution in [0.1, 0.15) is 18.5 Å². The van der Waals surface area contributed by atoms with E-state index in [1.165, 1.54) is 17.7 Å². The smallest absolute Gasteiger partial charge is 0.406 e. The molecule has 0 unspecified atom stereocenters. The van der Waals surface area contributed by atoms with E-state index in [0.717, 1.165) is 44.4 Å². The number of sulfone groups is 1. The number of hydrogen-bond acceptors (Lipinski definition) is 7. The fraction of sp³-hybridized carbons (Fsp3) is 0.448. The fourth-order valence-corrected chi connectivity index (χ4v) is 5.79. The van der Waals surface area contributed by atoms with Gasteiger partial charge in [-0.3, -0.25) is 0 Å². The minimum atomic E-state index is -4.42. The summed E-state index contributed by atoms with van der Waals surface area (Å²) >= 11 is 0. The summed E-state index contributed by atoms with van der Waals surface area (Å²) in [5.74, 6) is 5.98. The average molecular weight is 593 g/mol. The van der Waals surface area contributed by atoms with Gasteiger partial charge in [-0.2, -0.15) is 13.2 Å². The lowest BCUT2D eigenvalue weighted by Gasteiger charge is -2.32. The molecule has 0 aliphatic carbocycles. The number of benzene rings is 2. The SMILES string of the molecule is COCCN1CCC(Nc2cccc3c2cc(C#CCNc2ccc(S(C)(=O)=O)c(OC)c2)n3CC(F)(F)F)CC1. The van der Waals surface area contributed by atoms with E-state index < -0.39 is 22.6 Å². The predicted octanol–water partition coefficient (Wildman–Crippen LogP) is 4.60. The van der Waals surface area contributed by atoms with Crippen LogP contribution in [0.4, 0.5) is 24.5 Å². The van der Waals surface area contributed by atoms with Crippen LogP contribution in [0.3, 0.4) is 0 Å². The van der Waals surface area contributed by atoms with E-state index in [-0.39, 0.29) is 28.9 Å². The van der Waals surface area contributed by atoms with Gasteiger partial charge in [0.1, 0.15) is 17.2 Å². The number of hydrogen-bond donors (Lipinski definition) is 2. The molecule has 12 heteroatoms. The number of piperidine rings is 1. The standard InChI is InChI=1S/C29H35F3N4O4S/c1-39-17-16-35-14-11-21(12-15-35)34-25-7-4-8-26-24(25)19-23(36(26)20-29(30,31)32)6-5-13-33-22-9-10-28(41(3,37)38)27(18-22)40-2/h4,7-10,18-19,21,33-34H,11-17,20H2,1-3H3. The van der Waals surface area contributed by atoms with E-state index in [2.05, 4.69) is 27.4 Å². The lowest BCUT2D eigenvalue weighted by molar-refractivity contribution is -0.140. The Morgan fingerprint density at radius 1 is 1.10 bits per heavy atom. The van der Waals surface area contributed by atoms with Gasteiger partial charge >= 0.3 is 6.18 Å².